The van der Waals surface area contributed by atoms with Gasteiger partial charge in [0.25, 0.3) is 0 Å². The molecule has 2 rings (SSSR count). The molecule has 0 spiro atoms. The largest absolute Gasteiger partial charge is 0.439 e. The highest BCUT2D eigenvalue weighted by molar-refractivity contribution is 9.10. The Morgan fingerprint density at radius 1 is 1.16 bits per heavy atom. The first-order valence-electron chi connectivity index (χ1n) is 5.33. The third kappa shape index (κ3) is 3.47. The van der Waals surface area contributed by atoms with E-state index in [0.29, 0.717) is 5.75 Å². The quantitative estimate of drug-likeness (QED) is 0.775. The number of aromatic nitrogens is 1. The van der Waals surface area contributed by atoms with Crippen molar-refractivity contribution < 1.29 is 17.9 Å². The monoisotopic (exact) mass is 331 g/mol. The van der Waals surface area contributed by atoms with E-state index in [0.717, 1.165) is 28.4 Å². The fourth-order valence-corrected chi connectivity index (χ4v) is 1.96. The summed E-state index contributed by atoms with van der Waals surface area (Å²) < 4.78 is 43.9. The van der Waals surface area contributed by atoms with Crippen LogP contribution in [0.5, 0.6) is 11.6 Å². The van der Waals surface area contributed by atoms with Crippen LogP contribution in [0.2, 0.25) is 0 Å². The number of nitrogens with zero attached hydrogens (tertiary/aromatic N) is 1. The number of ether oxygens (including phenoxy) is 1. The summed E-state index contributed by atoms with van der Waals surface area (Å²) in [6, 6.07) is 7.00. The van der Waals surface area contributed by atoms with Gasteiger partial charge in [0, 0.05) is 16.7 Å². The molecular weight excluding hydrogens is 323 g/mol. The molecule has 0 atom stereocenters. The molecule has 19 heavy (non-hydrogen) atoms. The van der Waals surface area contributed by atoms with Crippen LogP contribution in [-0.2, 0) is 6.18 Å². The molecule has 1 heterocycles. The second-order valence-corrected chi connectivity index (χ2v) is 4.81. The van der Waals surface area contributed by atoms with E-state index < -0.39 is 11.7 Å². The fourth-order valence-electron chi connectivity index (χ4n) is 1.48. The van der Waals surface area contributed by atoms with Crippen LogP contribution in [0.25, 0.3) is 0 Å². The number of benzene rings is 1. The van der Waals surface area contributed by atoms with Gasteiger partial charge in [-0.3, -0.25) is 0 Å². The van der Waals surface area contributed by atoms with Crippen LogP contribution in [0.1, 0.15) is 11.1 Å². The minimum Gasteiger partial charge on any atom is -0.439 e. The highest BCUT2D eigenvalue weighted by Crippen LogP contribution is 2.32. The third-order valence-corrected chi connectivity index (χ3v) is 2.91. The van der Waals surface area contributed by atoms with E-state index in [-0.39, 0.29) is 5.88 Å². The Bertz CT molecular complexity index is 599. The SMILES string of the molecule is Cc1cc(Br)ccc1Oc1cc(C(F)(F)F)ccn1. The molecule has 0 aliphatic heterocycles. The van der Waals surface area contributed by atoms with Gasteiger partial charge < -0.3 is 4.74 Å². The summed E-state index contributed by atoms with van der Waals surface area (Å²) in [7, 11) is 0. The summed E-state index contributed by atoms with van der Waals surface area (Å²) in [6.45, 7) is 1.80. The smallest absolute Gasteiger partial charge is 0.416 e. The van der Waals surface area contributed by atoms with Crippen LogP contribution >= 0.6 is 15.9 Å². The molecule has 1 aromatic heterocycles. The molecule has 0 N–H and O–H groups in total. The van der Waals surface area contributed by atoms with Gasteiger partial charge in [-0.15, -0.1) is 0 Å². The second kappa shape index (κ2) is 5.21. The lowest BCUT2D eigenvalue weighted by molar-refractivity contribution is -0.137. The van der Waals surface area contributed by atoms with E-state index >= 15 is 0 Å². The number of hydrogen-bond donors (Lipinski definition) is 0. The van der Waals surface area contributed by atoms with Gasteiger partial charge in [-0.1, -0.05) is 15.9 Å². The van der Waals surface area contributed by atoms with Gasteiger partial charge in [0.2, 0.25) is 5.88 Å². The summed E-state index contributed by atoms with van der Waals surface area (Å²) in [5, 5.41) is 0. The maximum absolute atomic E-state index is 12.5. The normalized spacial score (nSPS) is 11.4. The lowest BCUT2D eigenvalue weighted by Gasteiger charge is -2.10. The summed E-state index contributed by atoms with van der Waals surface area (Å²) in [5.74, 6) is 0.385. The molecule has 0 saturated carbocycles. The van der Waals surface area contributed by atoms with Gasteiger partial charge in [0.1, 0.15) is 5.75 Å². The number of halogens is 4. The predicted molar refractivity (Wildman–Crippen MR) is 68.2 cm³/mol. The van der Waals surface area contributed by atoms with Crippen LogP contribution in [0.15, 0.2) is 41.0 Å². The second-order valence-electron chi connectivity index (χ2n) is 3.89. The summed E-state index contributed by atoms with van der Waals surface area (Å²) >= 11 is 3.30. The van der Waals surface area contributed by atoms with E-state index in [4.69, 9.17) is 4.74 Å². The lowest BCUT2D eigenvalue weighted by atomic mass is 10.2. The van der Waals surface area contributed by atoms with E-state index in [1.54, 1.807) is 19.1 Å². The molecule has 0 bridgehead atoms. The summed E-state index contributed by atoms with van der Waals surface area (Å²) in [5.41, 5.74) is 0.0147. The highest BCUT2D eigenvalue weighted by Gasteiger charge is 2.31. The third-order valence-electron chi connectivity index (χ3n) is 2.41. The molecule has 2 nitrogen and oxygen atoms in total. The number of alkyl halides is 3. The Hall–Kier alpha value is -1.56. The maximum atomic E-state index is 12.5. The van der Waals surface area contributed by atoms with Gasteiger partial charge in [0.15, 0.2) is 0 Å². The zero-order valence-electron chi connectivity index (χ0n) is 9.83. The number of aryl methyl sites for hydroxylation is 1. The first-order valence-corrected chi connectivity index (χ1v) is 6.13. The van der Waals surface area contributed by atoms with E-state index in [1.807, 2.05) is 6.07 Å². The Balaban J connectivity index is 2.29. The number of pyridine rings is 1. The molecule has 6 heteroatoms. The standard InChI is InChI=1S/C13H9BrF3NO/c1-8-6-10(14)2-3-11(8)19-12-7-9(4-5-18-12)13(15,16)17/h2-7H,1H3. The minimum absolute atomic E-state index is 0.0831. The van der Waals surface area contributed by atoms with Crippen molar-refractivity contribution in [2.45, 2.75) is 13.1 Å². The van der Waals surface area contributed by atoms with E-state index in [9.17, 15) is 13.2 Å². The molecular formula is C13H9BrF3NO. The molecule has 0 fully saturated rings. The number of hydrogen-bond acceptors (Lipinski definition) is 2. The molecule has 0 amide bonds. The molecule has 0 aliphatic rings. The van der Waals surface area contributed by atoms with E-state index in [1.165, 1.54) is 0 Å². The van der Waals surface area contributed by atoms with Crippen molar-refractivity contribution >= 4 is 15.9 Å². The van der Waals surface area contributed by atoms with Gasteiger partial charge in [-0.05, 0) is 36.8 Å². The Kier molecular flexibility index (Phi) is 3.80. The summed E-state index contributed by atoms with van der Waals surface area (Å²) in [6.07, 6.45) is -3.33. The Labute approximate surface area is 116 Å². The van der Waals surface area contributed by atoms with Gasteiger partial charge in [-0.25, -0.2) is 4.98 Å². The Morgan fingerprint density at radius 3 is 2.53 bits per heavy atom. The van der Waals surface area contributed by atoms with Crippen LogP contribution < -0.4 is 4.74 Å². The average molecular weight is 332 g/mol. The first kappa shape index (κ1) is 13.9. The zero-order valence-corrected chi connectivity index (χ0v) is 11.4. The summed E-state index contributed by atoms with van der Waals surface area (Å²) in [4.78, 5) is 3.78. The van der Waals surface area contributed by atoms with Crippen molar-refractivity contribution in [1.82, 2.24) is 4.98 Å². The van der Waals surface area contributed by atoms with Gasteiger partial charge >= 0.3 is 6.18 Å². The molecule has 0 unspecified atom stereocenters. The molecule has 2 aromatic rings. The first-order chi connectivity index (χ1) is 8.86. The Morgan fingerprint density at radius 2 is 1.89 bits per heavy atom. The van der Waals surface area contributed by atoms with Crippen LogP contribution in [-0.4, -0.2) is 4.98 Å². The van der Waals surface area contributed by atoms with Crippen molar-refractivity contribution in [3.63, 3.8) is 0 Å². The highest BCUT2D eigenvalue weighted by atomic mass is 79.9. The van der Waals surface area contributed by atoms with Gasteiger partial charge in [0.05, 0.1) is 5.56 Å². The number of rotatable bonds is 2. The van der Waals surface area contributed by atoms with Crippen molar-refractivity contribution in [3.8, 4) is 11.6 Å². The van der Waals surface area contributed by atoms with Crippen molar-refractivity contribution in [2.75, 3.05) is 0 Å². The zero-order chi connectivity index (χ0) is 14.0. The van der Waals surface area contributed by atoms with Crippen molar-refractivity contribution in [2.24, 2.45) is 0 Å². The lowest BCUT2D eigenvalue weighted by Crippen LogP contribution is -2.05. The van der Waals surface area contributed by atoms with E-state index in [2.05, 4.69) is 20.9 Å². The van der Waals surface area contributed by atoms with Crippen LogP contribution in [0, 0.1) is 6.92 Å². The molecule has 100 valence electrons. The van der Waals surface area contributed by atoms with Crippen LogP contribution in [0.3, 0.4) is 0 Å². The predicted octanol–water partition coefficient (Wildman–Crippen LogP) is 4.96. The molecule has 0 radical (unpaired) electrons. The molecule has 1 aromatic carbocycles. The van der Waals surface area contributed by atoms with Crippen molar-refractivity contribution in [1.29, 1.82) is 0 Å². The van der Waals surface area contributed by atoms with Crippen LogP contribution in [0.4, 0.5) is 13.2 Å². The topological polar surface area (TPSA) is 22.1 Å². The molecule has 0 aliphatic carbocycles. The molecule has 0 saturated heterocycles. The maximum Gasteiger partial charge on any atom is 0.416 e. The van der Waals surface area contributed by atoms with Crippen molar-refractivity contribution in [3.05, 3.63) is 52.1 Å². The average Bonchev–Trinajstić information content (AvgIpc) is 2.32. The van der Waals surface area contributed by atoms with Gasteiger partial charge in [-0.2, -0.15) is 13.2 Å². The minimum atomic E-state index is -4.41. The fraction of sp³-hybridized carbons (Fsp3) is 0.154.